The molecule has 1 aliphatic rings. The second-order valence-corrected chi connectivity index (χ2v) is 2.74. The van der Waals surface area contributed by atoms with Gasteiger partial charge in [0.25, 0.3) is 0 Å². The molecule has 0 amide bonds. The van der Waals surface area contributed by atoms with Crippen LogP contribution in [0, 0.1) is 25.3 Å². The minimum Gasteiger partial charge on any atom is -0.335 e. The molecule has 0 nitrogen and oxygen atoms in total. The van der Waals surface area contributed by atoms with Gasteiger partial charge in [-0.05, 0) is 0 Å². The average Bonchev–Trinajstić information content (AvgIpc) is 2.63. The molecule has 0 aromatic rings. The summed E-state index contributed by atoms with van der Waals surface area (Å²) in [4.78, 5) is 0. The van der Waals surface area contributed by atoms with Gasteiger partial charge in [0.2, 0.25) is 0 Å². The summed E-state index contributed by atoms with van der Waals surface area (Å²) in [5.41, 5.74) is 0. The van der Waals surface area contributed by atoms with Gasteiger partial charge in [-0.1, -0.05) is 0 Å². The number of hydrogen-bond donors (Lipinski definition) is 0. The Morgan fingerprint density at radius 1 is 0.867 bits per heavy atom. The van der Waals surface area contributed by atoms with Crippen LogP contribution in [-0.2, 0) is 21.1 Å². The molecule has 0 heterocycles. The third-order valence-corrected chi connectivity index (χ3v) is 0.586. The summed E-state index contributed by atoms with van der Waals surface area (Å²) in [5, 5.41) is 0. The second-order valence-electron chi connectivity index (χ2n) is 2.74. The van der Waals surface area contributed by atoms with Crippen molar-refractivity contribution in [2.45, 2.75) is 48.0 Å². The summed E-state index contributed by atoms with van der Waals surface area (Å²) in [6, 6.07) is 0. The molecule has 0 saturated heterocycles. The van der Waals surface area contributed by atoms with E-state index < -0.39 is 0 Å². The van der Waals surface area contributed by atoms with Crippen LogP contribution in [0.2, 0.25) is 0 Å². The van der Waals surface area contributed by atoms with Gasteiger partial charge < -0.3 is 19.3 Å². The molecule has 92 valence electrons. The summed E-state index contributed by atoms with van der Waals surface area (Å²) in [7, 11) is 0. The van der Waals surface area contributed by atoms with Crippen LogP contribution in [0.3, 0.4) is 0 Å². The van der Waals surface area contributed by atoms with Crippen LogP contribution in [0.5, 0.6) is 0 Å². The van der Waals surface area contributed by atoms with E-state index in [9.17, 15) is 0 Å². The Morgan fingerprint density at radius 3 is 1.27 bits per heavy atom. The largest absolute Gasteiger partial charge is 4.00 e. The fraction of sp³-hybridized carbons (Fsp3) is 0.500. The van der Waals surface area contributed by atoms with E-state index in [4.69, 9.17) is 0 Å². The summed E-state index contributed by atoms with van der Waals surface area (Å²) in [5.74, 6) is 0. The zero-order chi connectivity index (χ0) is 11.7. The number of hydrogen-bond acceptors (Lipinski definition) is 0. The molecule has 0 fully saturated rings. The summed E-state index contributed by atoms with van der Waals surface area (Å²) in [6.45, 7) is 12.0. The van der Waals surface area contributed by atoms with Crippen molar-refractivity contribution in [3.05, 3.63) is 43.6 Å². The monoisotopic (exact) mass is 389 g/mol. The Labute approximate surface area is 113 Å². The summed E-state index contributed by atoms with van der Waals surface area (Å²) in [6.07, 6.45) is 16.0. The Hall–Kier alpha value is 0.168. The average molecular weight is 389 g/mol. The van der Waals surface area contributed by atoms with E-state index in [0.717, 1.165) is 6.42 Å². The van der Waals surface area contributed by atoms with Crippen LogP contribution < -0.4 is 0 Å². The molecular weight excluding hydrogens is 363 g/mol. The maximum Gasteiger partial charge on any atom is 4.00 e. The van der Waals surface area contributed by atoms with E-state index >= 15 is 0 Å². The Bertz CT molecular complexity index is 89.2. The molecule has 1 heteroatoms. The molecule has 1 rings (SSSR count). The van der Waals surface area contributed by atoms with Gasteiger partial charge in [-0.15, -0.1) is 6.42 Å². The van der Waals surface area contributed by atoms with E-state index in [1.807, 2.05) is 73.0 Å². The smallest absolute Gasteiger partial charge is 0.335 e. The molecule has 0 bridgehead atoms. The molecule has 0 unspecified atom stereocenters. The first-order valence-electron chi connectivity index (χ1n) is 5.18. The molecule has 0 saturated carbocycles. The van der Waals surface area contributed by atoms with Gasteiger partial charge in [0.05, 0.1) is 0 Å². The summed E-state index contributed by atoms with van der Waals surface area (Å²) < 4.78 is 0. The molecule has 0 radical (unpaired) electrons. The van der Waals surface area contributed by atoms with E-state index in [2.05, 4.69) is 12.2 Å². The third kappa shape index (κ3) is 78.5. The fourth-order valence-corrected chi connectivity index (χ4v) is 0.340. The van der Waals surface area contributed by atoms with E-state index in [1.54, 1.807) is 0 Å². The van der Waals surface area contributed by atoms with Gasteiger partial charge in [0.1, 0.15) is 0 Å². The van der Waals surface area contributed by atoms with Gasteiger partial charge in [-0.2, -0.15) is 47.6 Å². The Balaban J connectivity index is -0.0000000550. The fourth-order valence-electron chi connectivity index (χ4n) is 0.340. The molecule has 0 atom stereocenters. The minimum absolute atomic E-state index is 0. The topological polar surface area (TPSA) is 0 Å². The van der Waals surface area contributed by atoms with E-state index in [-0.39, 0.29) is 21.1 Å². The molecule has 0 aromatic carbocycles. The Kier molecular flexibility index (Phi) is 59.9. The quantitative estimate of drug-likeness (QED) is 0.512. The third-order valence-electron chi connectivity index (χ3n) is 0.586. The SMILES string of the molecule is C[CH-]C.C[CH-]C.C[CH-]C.[C-]1=CC=CC1.[Pt+4]. The minimum atomic E-state index is 0. The van der Waals surface area contributed by atoms with Crippen molar-refractivity contribution in [1.82, 2.24) is 0 Å². The van der Waals surface area contributed by atoms with Gasteiger partial charge in [0, 0.05) is 0 Å². The van der Waals surface area contributed by atoms with Crippen LogP contribution in [-0.4, -0.2) is 0 Å². The maximum absolute atomic E-state index is 2.99. The standard InChI is InChI=1S/C5H5.3C3H7.Pt/c1-2-4-5-3-1;3*1-3-2;/h1-3H,4H2;3*3H,1-2H3;/q4*-1;+4. The van der Waals surface area contributed by atoms with E-state index in [1.165, 1.54) is 0 Å². The van der Waals surface area contributed by atoms with Crippen molar-refractivity contribution < 1.29 is 21.1 Å². The van der Waals surface area contributed by atoms with Crippen molar-refractivity contribution in [3.63, 3.8) is 0 Å². The number of rotatable bonds is 0. The number of allylic oxidation sites excluding steroid dienone is 4. The van der Waals surface area contributed by atoms with Crippen LogP contribution >= 0.6 is 0 Å². The van der Waals surface area contributed by atoms with Crippen molar-refractivity contribution >= 4 is 0 Å². The van der Waals surface area contributed by atoms with Gasteiger partial charge in [-0.25, -0.2) is 12.2 Å². The predicted octanol–water partition coefficient (Wildman–Crippen LogP) is 4.99. The Morgan fingerprint density at radius 2 is 1.20 bits per heavy atom. The van der Waals surface area contributed by atoms with Crippen molar-refractivity contribution in [1.29, 1.82) is 0 Å². The molecule has 1 aliphatic carbocycles. The zero-order valence-corrected chi connectivity index (χ0v) is 13.3. The first kappa shape index (κ1) is 24.4. The molecule has 15 heavy (non-hydrogen) atoms. The molecular formula is C14H26Pt. The van der Waals surface area contributed by atoms with Crippen LogP contribution in [0.1, 0.15) is 48.0 Å². The predicted molar refractivity (Wildman–Crippen MR) is 68.5 cm³/mol. The van der Waals surface area contributed by atoms with Crippen LogP contribution in [0.25, 0.3) is 0 Å². The van der Waals surface area contributed by atoms with Crippen LogP contribution in [0.4, 0.5) is 0 Å². The van der Waals surface area contributed by atoms with Crippen molar-refractivity contribution in [2.24, 2.45) is 0 Å². The van der Waals surface area contributed by atoms with Gasteiger partial charge >= 0.3 is 21.1 Å². The first-order valence-corrected chi connectivity index (χ1v) is 5.18. The molecule has 0 N–H and O–H groups in total. The second kappa shape index (κ2) is 36.8. The zero-order valence-electron chi connectivity index (χ0n) is 11.0. The maximum atomic E-state index is 2.99. The normalized spacial score (nSPS) is 9.47. The molecule has 0 aliphatic heterocycles. The van der Waals surface area contributed by atoms with Gasteiger partial charge in [-0.3, -0.25) is 6.08 Å². The van der Waals surface area contributed by atoms with Crippen molar-refractivity contribution in [3.8, 4) is 0 Å². The molecule has 0 aromatic heterocycles. The van der Waals surface area contributed by atoms with E-state index in [0.29, 0.717) is 0 Å². The first-order chi connectivity index (χ1) is 6.74. The van der Waals surface area contributed by atoms with Crippen LogP contribution in [0.15, 0.2) is 18.2 Å². The van der Waals surface area contributed by atoms with Gasteiger partial charge in [0.15, 0.2) is 0 Å². The van der Waals surface area contributed by atoms with Crippen molar-refractivity contribution in [2.75, 3.05) is 0 Å². The summed E-state index contributed by atoms with van der Waals surface area (Å²) >= 11 is 0. The molecule has 0 spiro atoms.